The van der Waals surface area contributed by atoms with Gasteiger partial charge in [0.05, 0.1) is 16.0 Å². The summed E-state index contributed by atoms with van der Waals surface area (Å²) in [4.78, 5) is 13.9. The number of para-hydroxylation sites is 1. The van der Waals surface area contributed by atoms with Crippen LogP contribution in [0, 0.1) is 11.8 Å². The van der Waals surface area contributed by atoms with E-state index in [2.05, 4.69) is 11.8 Å². The molecule has 0 aliphatic heterocycles. The van der Waals surface area contributed by atoms with E-state index in [-0.39, 0.29) is 10.6 Å². The van der Waals surface area contributed by atoms with Crippen LogP contribution in [0.2, 0.25) is 0 Å². The van der Waals surface area contributed by atoms with Gasteiger partial charge >= 0.3 is 0 Å². The molecule has 0 amide bonds. The first kappa shape index (κ1) is 21.4. The lowest BCUT2D eigenvalue weighted by Crippen LogP contribution is -2.19. The van der Waals surface area contributed by atoms with Crippen molar-refractivity contribution < 1.29 is 13.2 Å². The maximum absolute atomic E-state index is 13.9. The Hall–Kier alpha value is -4.40. The molecule has 4 aromatic carbocycles. The summed E-state index contributed by atoms with van der Waals surface area (Å²) in [5.74, 6) is 5.80. The fourth-order valence-electron chi connectivity index (χ4n) is 3.87. The highest BCUT2D eigenvalue weighted by atomic mass is 32.2. The number of fused-ring (bicyclic) bond motifs is 1. The summed E-state index contributed by atoms with van der Waals surface area (Å²) in [6, 6.07) is 33.2. The van der Waals surface area contributed by atoms with Crippen molar-refractivity contribution in [1.29, 1.82) is 0 Å². The van der Waals surface area contributed by atoms with Crippen molar-refractivity contribution in [2.75, 3.05) is 0 Å². The quantitative estimate of drug-likeness (QED) is 0.262. The highest BCUT2D eigenvalue weighted by molar-refractivity contribution is 7.90. The zero-order chi connectivity index (χ0) is 23.5. The second-order valence-electron chi connectivity index (χ2n) is 7.63. The van der Waals surface area contributed by atoms with Crippen molar-refractivity contribution in [2.45, 2.75) is 4.90 Å². The van der Waals surface area contributed by atoms with Gasteiger partial charge in [0, 0.05) is 16.5 Å². The van der Waals surface area contributed by atoms with E-state index in [1.54, 1.807) is 60.7 Å². The van der Waals surface area contributed by atoms with Crippen LogP contribution in [0.15, 0.2) is 120 Å². The Kier molecular flexibility index (Phi) is 5.59. The van der Waals surface area contributed by atoms with E-state index < -0.39 is 15.8 Å². The molecule has 0 spiro atoms. The second-order valence-corrected chi connectivity index (χ2v) is 9.42. The summed E-state index contributed by atoms with van der Waals surface area (Å²) in [6.45, 7) is 0. The summed E-state index contributed by atoms with van der Waals surface area (Å²) in [5.41, 5.74) is 1.97. The number of hydrogen-bond donors (Lipinski definition) is 0. The van der Waals surface area contributed by atoms with Crippen LogP contribution in [0.3, 0.4) is 0 Å². The Morgan fingerprint density at radius 1 is 0.647 bits per heavy atom. The van der Waals surface area contributed by atoms with Crippen molar-refractivity contribution in [3.05, 3.63) is 138 Å². The third-order valence-electron chi connectivity index (χ3n) is 5.47. The second kappa shape index (κ2) is 8.86. The van der Waals surface area contributed by atoms with Crippen molar-refractivity contribution >= 4 is 26.7 Å². The molecule has 0 aliphatic carbocycles. The van der Waals surface area contributed by atoms with Crippen molar-refractivity contribution in [3.63, 3.8) is 0 Å². The smallest absolute Gasteiger partial charge is 0.268 e. The number of rotatable bonds is 4. The fourth-order valence-corrected chi connectivity index (χ4v) is 5.42. The highest BCUT2D eigenvalue weighted by Gasteiger charge is 2.30. The molecule has 1 heterocycles. The Balaban J connectivity index is 1.86. The van der Waals surface area contributed by atoms with E-state index in [1.807, 2.05) is 42.5 Å². The number of ketones is 1. The van der Waals surface area contributed by atoms with Crippen LogP contribution in [-0.4, -0.2) is 18.2 Å². The third kappa shape index (κ3) is 3.81. The molecule has 0 saturated carbocycles. The van der Waals surface area contributed by atoms with Gasteiger partial charge in [-0.15, -0.1) is 0 Å². The standard InChI is InChI=1S/C29H19NO3S/c31-29(23-14-6-2-7-15-23)28-26(21-20-22-12-4-1-5-13-22)25-18-10-11-19-27(25)30(28)34(32,33)24-16-8-3-9-17-24/h1-19H. The monoisotopic (exact) mass is 461 g/mol. The average Bonchev–Trinajstić information content (AvgIpc) is 3.23. The predicted molar refractivity (Wildman–Crippen MR) is 133 cm³/mol. The molecule has 5 rings (SSSR count). The first-order chi connectivity index (χ1) is 16.6. The summed E-state index contributed by atoms with van der Waals surface area (Å²) >= 11 is 0. The summed E-state index contributed by atoms with van der Waals surface area (Å²) in [5, 5.41) is 0.602. The van der Waals surface area contributed by atoms with Crippen molar-refractivity contribution in [1.82, 2.24) is 3.97 Å². The summed E-state index contributed by atoms with van der Waals surface area (Å²) in [7, 11) is -4.08. The van der Waals surface area contributed by atoms with Gasteiger partial charge in [-0.2, -0.15) is 0 Å². The molecule has 0 atom stereocenters. The maximum Gasteiger partial charge on any atom is 0.268 e. The Morgan fingerprint density at radius 2 is 1.21 bits per heavy atom. The molecule has 0 unspecified atom stereocenters. The first-order valence-corrected chi connectivity index (χ1v) is 12.1. The molecular weight excluding hydrogens is 442 g/mol. The van der Waals surface area contributed by atoms with E-state index >= 15 is 0 Å². The van der Waals surface area contributed by atoms with Crippen LogP contribution in [-0.2, 0) is 10.0 Å². The topological polar surface area (TPSA) is 56.1 Å². The Morgan fingerprint density at radius 3 is 1.88 bits per heavy atom. The van der Waals surface area contributed by atoms with Crippen LogP contribution in [0.5, 0.6) is 0 Å². The number of nitrogens with zero attached hydrogens (tertiary/aromatic N) is 1. The lowest BCUT2D eigenvalue weighted by molar-refractivity contribution is 0.103. The molecule has 1 aromatic heterocycles. The number of carbonyl (C=O) groups is 1. The minimum Gasteiger partial charge on any atom is -0.287 e. The molecule has 5 heteroatoms. The molecule has 34 heavy (non-hydrogen) atoms. The zero-order valence-corrected chi connectivity index (χ0v) is 18.9. The summed E-state index contributed by atoms with van der Waals surface area (Å²) < 4.78 is 28.8. The van der Waals surface area contributed by atoms with Crippen molar-refractivity contribution in [2.24, 2.45) is 0 Å². The predicted octanol–water partition coefficient (Wildman–Crippen LogP) is 5.51. The van der Waals surface area contributed by atoms with Gasteiger partial charge in [-0.25, -0.2) is 12.4 Å². The molecule has 0 bridgehead atoms. The molecular formula is C29H19NO3S. The lowest BCUT2D eigenvalue weighted by atomic mass is 10.0. The minimum absolute atomic E-state index is 0.0275. The number of benzene rings is 4. The van der Waals surface area contributed by atoms with Crippen LogP contribution < -0.4 is 0 Å². The molecule has 0 radical (unpaired) electrons. The lowest BCUT2D eigenvalue weighted by Gasteiger charge is -2.12. The molecule has 0 saturated heterocycles. The van der Waals surface area contributed by atoms with Crippen LogP contribution >= 0.6 is 0 Å². The largest absolute Gasteiger partial charge is 0.287 e. The van der Waals surface area contributed by atoms with Gasteiger partial charge in [-0.05, 0) is 30.3 Å². The van der Waals surface area contributed by atoms with Gasteiger partial charge in [-0.1, -0.05) is 96.8 Å². The van der Waals surface area contributed by atoms with Crippen molar-refractivity contribution in [3.8, 4) is 11.8 Å². The van der Waals surface area contributed by atoms with E-state index in [0.717, 1.165) is 9.54 Å². The zero-order valence-electron chi connectivity index (χ0n) is 18.0. The molecule has 0 fully saturated rings. The van der Waals surface area contributed by atoms with Crippen LogP contribution in [0.25, 0.3) is 10.9 Å². The van der Waals surface area contributed by atoms with Crippen LogP contribution in [0.4, 0.5) is 0 Å². The minimum atomic E-state index is -4.08. The first-order valence-electron chi connectivity index (χ1n) is 10.7. The van der Waals surface area contributed by atoms with Gasteiger partial charge in [0.1, 0.15) is 5.69 Å². The van der Waals surface area contributed by atoms with Gasteiger partial charge in [0.2, 0.25) is 5.78 Å². The highest BCUT2D eigenvalue weighted by Crippen LogP contribution is 2.31. The van der Waals surface area contributed by atoms with Gasteiger partial charge in [0.25, 0.3) is 10.0 Å². The maximum atomic E-state index is 13.9. The van der Waals surface area contributed by atoms with Gasteiger partial charge in [-0.3, -0.25) is 4.79 Å². The Labute approximate surface area is 198 Å². The summed E-state index contributed by atoms with van der Waals surface area (Å²) in [6.07, 6.45) is 0. The van der Waals surface area contributed by atoms with Crippen LogP contribution in [0.1, 0.15) is 27.2 Å². The van der Waals surface area contributed by atoms with E-state index in [1.165, 1.54) is 12.1 Å². The molecule has 0 aliphatic rings. The van der Waals surface area contributed by atoms with Gasteiger partial charge in [0.15, 0.2) is 0 Å². The normalized spacial score (nSPS) is 11.1. The SMILES string of the molecule is O=C(c1ccccc1)c1c(C#Cc2ccccc2)c2ccccc2n1S(=O)(=O)c1ccccc1. The number of carbonyl (C=O) groups excluding carboxylic acids is 1. The molecule has 164 valence electrons. The number of aromatic nitrogens is 1. The number of hydrogen-bond acceptors (Lipinski definition) is 3. The molecule has 5 aromatic rings. The van der Waals surface area contributed by atoms with E-state index in [4.69, 9.17) is 0 Å². The van der Waals surface area contributed by atoms with Gasteiger partial charge < -0.3 is 0 Å². The fraction of sp³-hybridized carbons (Fsp3) is 0. The molecule has 0 N–H and O–H groups in total. The molecule has 4 nitrogen and oxygen atoms in total. The third-order valence-corrected chi connectivity index (χ3v) is 7.20. The average molecular weight is 462 g/mol. The Bertz CT molecular complexity index is 1660. The van der Waals surface area contributed by atoms with E-state index in [0.29, 0.717) is 22.0 Å². The van der Waals surface area contributed by atoms with E-state index in [9.17, 15) is 13.2 Å².